The number of nitrogens with one attached hydrogen (secondary N) is 3. The van der Waals surface area contributed by atoms with Crippen LogP contribution >= 0.6 is 0 Å². The van der Waals surface area contributed by atoms with Gasteiger partial charge in [0.1, 0.15) is 30.3 Å². The zero-order valence-electron chi connectivity index (χ0n) is 25.4. The van der Waals surface area contributed by atoms with Gasteiger partial charge in [0, 0.05) is 19.4 Å². The molecule has 5 atom stereocenters. The summed E-state index contributed by atoms with van der Waals surface area (Å²) >= 11 is 0. The maximum Gasteiger partial charge on any atom is 0.246 e. The largest absolute Gasteiger partial charge is 0.386 e. The summed E-state index contributed by atoms with van der Waals surface area (Å²) in [5.74, 6) is -1.33. The van der Waals surface area contributed by atoms with Crippen molar-refractivity contribution in [2.24, 2.45) is 5.92 Å². The van der Waals surface area contributed by atoms with Crippen LogP contribution in [0.1, 0.15) is 96.0 Å². The molecule has 4 amide bonds. The fourth-order valence-electron chi connectivity index (χ4n) is 6.66. The number of hydrogen-bond acceptors (Lipinski definition) is 6. The zero-order chi connectivity index (χ0) is 30.8. The highest BCUT2D eigenvalue weighted by atomic mass is 16.3. The number of hydrogen-bond donors (Lipinski definition) is 4. The molecule has 2 saturated heterocycles. The lowest BCUT2D eigenvalue weighted by atomic mass is 9.84. The lowest BCUT2D eigenvalue weighted by Crippen LogP contribution is -2.61. The third-order valence-corrected chi connectivity index (χ3v) is 9.18. The van der Waals surface area contributed by atoms with E-state index in [1.165, 1.54) is 13.3 Å². The first-order valence-corrected chi connectivity index (χ1v) is 16.2. The molecule has 0 spiro atoms. The number of nitrogens with zero attached hydrogens (tertiary/aromatic N) is 1. The number of benzene rings is 1. The Labute approximate surface area is 254 Å². The van der Waals surface area contributed by atoms with Crippen molar-refractivity contribution < 1.29 is 29.1 Å². The summed E-state index contributed by atoms with van der Waals surface area (Å²) in [6.07, 6.45) is 8.68. The van der Waals surface area contributed by atoms with Crippen LogP contribution in [-0.4, -0.2) is 76.2 Å². The van der Waals surface area contributed by atoms with Crippen LogP contribution in [0.5, 0.6) is 0 Å². The van der Waals surface area contributed by atoms with Gasteiger partial charge in [-0.2, -0.15) is 0 Å². The SMILES string of the molecule is C[C@H](O)C(=O)CCCCC[C@@H]1NC(=O)[C@H]2CCCN2C(=O)[C@H](Cc2ccccc2)NC(=O)[C@@H](CC2CCCCC2)NC1=O. The van der Waals surface area contributed by atoms with Gasteiger partial charge in [-0.15, -0.1) is 0 Å². The first-order chi connectivity index (χ1) is 20.7. The fourth-order valence-corrected chi connectivity index (χ4v) is 6.66. The Balaban J connectivity index is 1.55. The number of Topliss-reactive ketones (excluding diaryl/α,β-unsaturated/α-hetero) is 1. The Morgan fingerprint density at radius 3 is 2.23 bits per heavy atom. The molecule has 1 aromatic rings. The molecular formula is C33H48N4O6. The van der Waals surface area contributed by atoms with Crippen LogP contribution in [0, 0.1) is 5.92 Å². The van der Waals surface area contributed by atoms with E-state index in [9.17, 15) is 29.1 Å². The monoisotopic (exact) mass is 596 g/mol. The van der Waals surface area contributed by atoms with E-state index in [1.54, 1.807) is 4.90 Å². The quantitative estimate of drug-likeness (QED) is 0.289. The highest BCUT2D eigenvalue weighted by molar-refractivity contribution is 5.98. The van der Waals surface area contributed by atoms with Crippen molar-refractivity contribution in [3.63, 3.8) is 0 Å². The number of aliphatic hydroxyl groups excluding tert-OH is 1. The molecule has 0 bridgehead atoms. The Morgan fingerprint density at radius 2 is 1.51 bits per heavy atom. The van der Waals surface area contributed by atoms with Crippen molar-refractivity contribution in [3.8, 4) is 0 Å². The number of carbonyl (C=O) groups excluding carboxylic acids is 5. The average molecular weight is 597 g/mol. The molecule has 1 aromatic carbocycles. The molecule has 4 rings (SSSR count). The maximum absolute atomic E-state index is 13.9. The Morgan fingerprint density at radius 1 is 0.837 bits per heavy atom. The third-order valence-electron chi connectivity index (χ3n) is 9.18. The van der Waals surface area contributed by atoms with Gasteiger partial charge in [-0.1, -0.05) is 75.3 Å². The van der Waals surface area contributed by atoms with Crippen LogP contribution in [0.25, 0.3) is 0 Å². The normalized spacial score (nSPS) is 26.4. The summed E-state index contributed by atoms with van der Waals surface area (Å²) in [4.78, 5) is 68.3. The standard InChI is InChI=1S/C33H48N4O6/c1-22(38)29(39)18-10-4-9-16-25-30(40)35-26(20-23-12-5-2-6-13-23)31(41)36-27(21-24-14-7-3-8-15-24)33(43)37-19-11-17-28(37)32(42)34-25/h3,7-8,14-15,22-23,25-28,38H,2,4-6,9-13,16-21H2,1H3,(H,34,42)(H,35,40)(H,36,41)/t22-,25-,26+,27-,28+/m0/s1. The molecule has 0 unspecified atom stereocenters. The molecule has 10 heteroatoms. The van der Waals surface area contributed by atoms with E-state index >= 15 is 0 Å². The van der Waals surface area contributed by atoms with E-state index in [4.69, 9.17) is 0 Å². The van der Waals surface area contributed by atoms with Gasteiger partial charge in [0.25, 0.3) is 0 Å². The number of ketones is 1. The second-order valence-corrected chi connectivity index (χ2v) is 12.5. The highest BCUT2D eigenvalue weighted by Gasteiger charge is 2.41. The summed E-state index contributed by atoms with van der Waals surface area (Å²) in [5.41, 5.74) is 0.900. The first-order valence-electron chi connectivity index (χ1n) is 16.2. The van der Waals surface area contributed by atoms with E-state index in [-0.39, 0.29) is 29.9 Å². The summed E-state index contributed by atoms with van der Waals surface area (Å²) in [6, 6.07) is 6.25. The number of fused-ring (bicyclic) bond motifs is 1. The minimum atomic E-state index is -0.993. The van der Waals surface area contributed by atoms with Crippen LogP contribution in [-0.2, 0) is 30.4 Å². The van der Waals surface area contributed by atoms with Gasteiger partial charge in [0.2, 0.25) is 23.6 Å². The Kier molecular flexibility index (Phi) is 12.1. The molecule has 10 nitrogen and oxygen atoms in total. The van der Waals surface area contributed by atoms with Gasteiger partial charge in [-0.25, -0.2) is 0 Å². The highest BCUT2D eigenvalue weighted by Crippen LogP contribution is 2.28. The molecule has 2 heterocycles. The van der Waals surface area contributed by atoms with Crippen molar-refractivity contribution in [3.05, 3.63) is 35.9 Å². The molecule has 0 aromatic heterocycles. The van der Waals surface area contributed by atoms with Gasteiger partial charge in [0.05, 0.1) is 0 Å². The van der Waals surface area contributed by atoms with Crippen LogP contribution in [0.2, 0.25) is 0 Å². The molecule has 3 aliphatic rings. The van der Waals surface area contributed by atoms with Crippen LogP contribution in [0.4, 0.5) is 0 Å². The van der Waals surface area contributed by atoms with Crippen molar-refractivity contribution in [1.29, 1.82) is 0 Å². The topological polar surface area (TPSA) is 145 Å². The molecule has 4 N–H and O–H groups in total. The fraction of sp³-hybridized carbons (Fsp3) is 0.667. The summed E-state index contributed by atoms with van der Waals surface area (Å²) in [6.45, 7) is 1.87. The van der Waals surface area contributed by atoms with Gasteiger partial charge in [-0.05, 0) is 50.5 Å². The molecule has 1 aliphatic carbocycles. The van der Waals surface area contributed by atoms with Gasteiger partial charge in [-0.3, -0.25) is 24.0 Å². The Bertz CT molecular complexity index is 1120. The molecule has 1 saturated carbocycles. The van der Waals surface area contributed by atoms with Crippen molar-refractivity contribution >= 4 is 29.4 Å². The number of amides is 4. The summed E-state index contributed by atoms with van der Waals surface area (Å²) in [5, 5.41) is 18.3. The number of rotatable bonds is 11. The van der Waals surface area contributed by atoms with Gasteiger partial charge >= 0.3 is 0 Å². The third kappa shape index (κ3) is 9.36. The molecule has 2 aliphatic heterocycles. The zero-order valence-corrected chi connectivity index (χ0v) is 25.4. The number of carbonyl (C=O) groups is 5. The maximum atomic E-state index is 13.9. The van der Waals surface area contributed by atoms with Crippen molar-refractivity contribution in [2.45, 2.75) is 127 Å². The smallest absolute Gasteiger partial charge is 0.246 e. The van der Waals surface area contributed by atoms with Crippen LogP contribution in [0.3, 0.4) is 0 Å². The summed E-state index contributed by atoms with van der Waals surface area (Å²) < 4.78 is 0. The van der Waals surface area contributed by atoms with E-state index in [2.05, 4.69) is 16.0 Å². The Hall–Kier alpha value is -3.27. The molecular weight excluding hydrogens is 548 g/mol. The second-order valence-electron chi connectivity index (χ2n) is 12.5. The molecule has 0 radical (unpaired) electrons. The van der Waals surface area contributed by atoms with Crippen LogP contribution in [0.15, 0.2) is 30.3 Å². The molecule has 236 valence electrons. The first kappa shape index (κ1) is 32.6. The number of aliphatic hydroxyl groups is 1. The van der Waals surface area contributed by atoms with Gasteiger partial charge < -0.3 is 26.0 Å². The van der Waals surface area contributed by atoms with E-state index in [1.807, 2.05) is 30.3 Å². The summed E-state index contributed by atoms with van der Waals surface area (Å²) in [7, 11) is 0. The minimum absolute atomic E-state index is 0.217. The van der Waals surface area contributed by atoms with Crippen LogP contribution < -0.4 is 16.0 Å². The van der Waals surface area contributed by atoms with E-state index in [0.29, 0.717) is 63.8 Å². The minimum Gasteiger partial charge on any atom is -0.386 e. The molecule has 3 fully saturated rings. The lowest BCUT2D eigenvalue weighted by Gasteiger charge is -2.33. The number of unbranched alkanes of at least 4 members (excludes halogenated alkanes) is 2. The van der Waals surface area contributed by atoms with Crippen molar-refractivity contribution in [2.75, 3.05) is 6.54 Å². The van der Waals surface area contributed by atoms with E-state index < -0.39 is 36.2 Å². The lowest BCUT2D eigenvalue weighted by molar-refractivity contribution is -0.143. The predicted molar refractivity (Wildman–Crippen MR) is 162 cm³/mol. The van der Waals surface area contributed by atoms with Crippen molar-refractivity contribution in [1.82, 2.24) is 20.9 Å². The van der Waals surface area contributed by atoms with Gasteiger partial charge in [0.15, 0.2) is 5.78 Å². The predicted octanol–water partition coefficient (Wildman–Crippen LogP) is 2.56. The second kappa shape index (κ2) is 16.0. The van der Waals surface area contributed by atoms with E-state index in [0.717, 1.165) is 31.2 Å². The average Bonchev–Trinajstić information content (AvgIpc) is 3.50. The molecule has 43 heavy (non-hydrogen) atoms.